The Bertz CT molecular complexity index is 2670. The smallest absolute Gasteiger partial charge is 0.305 e. The molecule has 11 atom stereocenters. The summed E-state index contributed by atoms with van der Waals surface area (Å²) >= 11 is 1.25. The Hall–Kier alpha value is -8.96. The predicted octanol–water partition coefficient (Wildman–Crippen LogP) is -5.97. The van der Waals surface area contributed by atoms with Gasteiger partial charge in [-0.25, -0.2) is 4.98 Å². The predicted molar refractivity (Wildman–Crippen MR) is 321 cm³/mol. The van der Waals surface area contributed by atoms with Gasteiger partial charge in [-0.1, -0.05) is 34.1 Å². The number of aromatic amines is 1. The molecule has 14 amide bonds. The number of amides is 14. The summed E-state index contributed by atoms with van der Waals surface area (Å²) in [4.78, 5) is 216. The Labute approximate surface area is 523 Å². The number of H-pyrrole nitrogens is 1. The van der Waals surface area contributed by atoms with Gasteiger partial charge in [0.2, 0.25) is 82.7 Å². The van der Waals surface area contributed by atoms with Crippen molar-refractivity contribution in [3.63, 3.8) is 0 Å². The lowest BCUT2D eigenvalue weighted by Crippen LogP contribution is -2.62. The lowest BCUT2D eigenvalue weighted by molar-refractivity contribution is -0.141. The first-order valence-electron chi connectivity index (χ1n) is 29.0. The lowest BCUT2D eigenvalue weighted by atomic mass is 9.96. The van der Waals surface area contributed by atoms with E-state index in [0.29, 0.717) is 12.8 Å². The van der Waals surface area contributed by atoms with Crippen LogP contribution in [-0.2, 0) is 83.1 Å². The molecule has 504 valence electrons. The Balaban J connectivity index is 3.67. The summed E-state index contributed by atoms with van der Waals surface area (Å²) in [5.74, 6) is -18.0. The Morgan fingerprint density at radius 3 is 1.39 bits per heavy atom. The van der Waals surface area contributed by atoms with Crippen molar-refractivity contribution in [1.29, 1.82) is 0 Å². The number of aromatic nitrogens is 2. The van der Waals surface area contributed by atoms with Crippen LogP contribution in [0.25, 0.3) is 0 Å². The largest absolute Gasteiger partial charge is 0.481 e. The van der Waals surface area contributed by atoms with E-state index >= 15 is 0 Å². The molecule has 0 saturated heterocycles. The number of nitrogens with zero attached hydrogens (tertiary/aromatic N) is 1. The first kappa shape index (κ1) is 79.1. The fourth-order valence-electron chi connectivity index (χ4n) is 8.62. The number of carboxylic acid groups (broad SMARTS) is 2. The molecule has 1 aromatic rings. The number of hydrogen-bond donors (Lipinski definition) is 18. The SMILES string of the molecule is CC[C@H](C)[C@H](NC(=O)[C@H](Cc1cnc[nH]1)NC(=O)[C@H](CCC(=O)O)NC(=O)[C@H](CC(C)C)NC(=O)[C@H](CC(N)=O)NC(=O)[C@H](CCC(N)=O)NC(=O)[C@H](CCCCN)NC(C)=O)C(=O)N[C@@H](CCSC)C(=O)N[C@@H](CC(=O)O)C(=O)N[C@@H](CCC(N)=O)C(N)=O. The zero-order chi connectivity index (χ0) is 68.4. The number of thioether (sulfide) groups is 1. The van der Waals surface area contributed by atoms with Crippen LogP contribution in [0.2, 0.25) is 0 Å². The van der Waals surface area contributed by atoms with Crippen LogP contribution in [0.1, 0.15) is 130 Å². The maximum atomic E-state index is 14.5. The molecule has 1 aromatic heterocycles. The standard InChI is InChI=1S/C54H89N17O18S/c1-7-27(4)44(54(89)66-34(17-19-90-6)49(84)70-38(23-43(78)79)52(87)63-30(45(59)80)11-14-39(56)73)71-53(88)36(21-29-24-60-25-61-29)68-48(83)33(13-16-42(76)77)65-50(85)35(20-26(2)3)67-51(86)37(22-41(58)75)69-47(82)32(12-15-40(57)74)64-46(81)31(62-28(5)72)10-8-9-18-55/h24-27,30-38,44H,7-23,55H2,1-6H3,(H2,56,73)(H2,57,74)(H2,58,75)(H2,59,80)(H,60,61)(H,62,72)(H,63,87)(H,64,81)(H,65,85)(H,66,89)(H,67,86)(H,68,83)(H,69,82)(H,70,84)(H,71,88)(H,76,77)(H,78,79)/t27-,30-,31-,32-,33-,34-,35-,36-,37-,38-,44-/m0/s1. The number of imidazole rings is 1. The van der Waals surface area contributed by atoms with Crippen LogP contribution >= 0.6 is 11.8 Å². The van der Waals surface area contributed by atoms with Crippen LogP contribution in [0.3, 0.4) is 0 Å². The van der Waals surface area contributed by atoms with Gasteiger partial charge in [0.1, 0.15) is 60.4 Å². The highest BCUT2D eigenvalue weighted by Crippen LogP contribution is 2.14. The molecule has 1 heterocycles. The van der Waals surface area contributed by atoms with Crippen molar-refractivity contribution in [2.45, 2.75) is 191 Å². The molecule has 36 heteroatoms. The number of carbonyl (C=O) groups is 16. The molecule has 0 aromatic carbocycles. The van der Waals surface area contributed by atoms with Gasteiger partial charge in [0.05, 0.1) is 19.2 Å². The molecule has 1 rings (SSSR count). The quantitative estimate of drug-likeness (QED) is 0.0270. The average molecular weight is 1300 g/mol. The molecule has 0 radical (unpaired) electrons. The van der Waals surface area contributed by atoms with E-state index in [9.17, 15) is 86.9 Å². The van der Waals surface area contributed by atoms with Crippen LogP contribution in [0.5, 0.6) is 0 Å². The molecule has 0 saturated carbocycles. The number of rotatable bonds is 46. The van der Waals surface area contributed by atoms with Crippen molar-refractivity contribution in [2.24, 2.45) is 40.5 Å². The van der Waals surface area contributed by atoms with Crippen LogP contribution in [-0.4, -0.2) is 194 Å². The first-order chi connectivity index (χ1) is 42.2. The highest BCUT2D eigenvalue weighted by Gasteiger charge is 2.38. The number of carbonyl (C=O) groups excluding carboxylic acids is 14. The third-order valence-electron chi connectivity index (χ3n) is 13.6. The highest BCUT2D eigenvalue weighted by atomic mass is 32.2. The number of unbranched alkanes of at least 4 members (excludes halogenated alkanes) is 1. The van der Waals surface area contributed by atoms with Crippen LogP contribution in [0.4, 0.5) is 0 Å². The van der Waals surface area contributed by atoms with E-state index < -0.39 is 205 Å². The summed E-state index contributed by atoms with van der Waals surface area (Å²) in [6, 6.07) is -15.9. The fourth-order valence-corrected chi connectivity index (χ4v) is 9.09. The normalized spacial score (nSPS) is 14.7. The third kappa shape index (κ3) is 31.3. The second-order valence-corrected chi connectivity index (χ2v) is 22.7. The van der Waals surface area contributed by atoms with Gasteiger partial charge >= 0.3 is 11.9 Å². The van der Waals surface area contributed by atoms with Crippen molar-refractivity contribution in [3.8, 4) is 0 Å². The van der Waals surface area contributed by atoms with Crippen LogP contribution in [0, 0.1) is 11.8 Å². The summed E-state index contributed by atoms with van der Waals surface area (Å²) in [7, 11) is 0. The minimum atomic E-state index is -1.85. The second kappa shape index (κ2) is 41.3. The van der Waals surface area contributed by atoms with E-state index in [-0.39, 0.29) is 62.9 Å². The number of primary amides is 4. The summed E-state index contributed by atoms with van der Waals surface area (Å²) < 4.78 is 0. The van der Waals surface area contributed by atoms with Crippen molar-refractivity contribution < 1.29 is 86.9 Å². The molecule has 0 aliphatic heterocycles. The summed E-state index contributed by atoms with van der Waals surface area (Å²) in [6.07, 6.45) is -0.0983. The van der Waals surface area contributed by atoms with Gasteiger partial charge in [0, 0.05) is 44.5 Å². The number of aliphatic carboxylic acids is 2. The minimum absolute atomic E-state index is 0.103. The van der Waals surface area contributed by atoms with E-state index in [2.05, 4.69) is 63.1 Å². The highest BCUT2D eigenvalue weighted by molar-refractivity contribution is 7.98. The molecule has 0 aliphatic rings. The Morgan fingerprint density at radius 1 is 0.511 bits per heavy atom. The van der Waals surface area contributed by atoms with Gasteiger partial charge in [-0.2, -0.15) is 11.8 Å². The van der Waals surface area contributed by atoms with Crippen molar-refractivity contribution in [3.05, 3.63) is 18.2 Å². The molecule has 0 spiro atoms. The minimum Gasteiger partial charge on any atom is -0.481 e. The average Bonchev–Trinajstić information content (AvgIpc) is 1.71. The van der Waals surface area contributed by atoms with Gasteiger partial charge in [-0.3, -0.25) is 76.7 Å². The number of hydrogen-bond acceptors (Lipinski definition) is 19. The molecule has 23 N–H and O–H groups in total. The number of nitrogens with one attached hydrogen (secondary N) is 11. The van der Waals surface area contributed by atoms with Crippen LogP contribution in [0.15, 0.2) is 12.5 Å². The van der Waals surface area contributed by atoms with E-state index in [1.807, 2.05) is 0 Å². The summed E-state index contributed by atoms with van der Waals surface area (Å²) in [5, 5.41) is 43.5. The maximum absolute atomic E-state index is 14.5. The molecule has 0 unspecified atom stereocenters. The monoisotopic (exact) mass is 1300 g/mol. The maximum Gasteiger partial charge on any atom is 0.305 e. The van der Waals surface area contributed by atoms with Gasteiger partial charge in [0.25, 0.3) is 0 Å². The van der Waals surface area contributed by atoms with Crippen molar-refractivity contribution in [1.82, 2.24) is 63.1 Å². The summed E-state index contributed by atoms with van der Waals surface area (Å²) in [5.41, 5.74) is 27.2. The zero-order valence-corrected chi connectivity index (χ0v) is 52.1. The van der Waals surface area contributed by atoms with Crippen LogP contribution < -0.4 is 81.8 Å². The van der Waals surface area contributed by atoms with Gasteiger partial charge in [0.15, 0.2) is 0 Å². The number of nitrogens with two attached hydrogens (primary N) is 5. The molecule has 90 heavy (non-hydrogen) atoms. The lowest BCUT2D eigenvalue weighted by Gasteiger charge is -2.30. The van der Waals surface area contributed by atoms with Gasteiger partial charge < -0.3 is 97.0 Å². The molecular formula is C54H89N17O18S. The fraction of sp³-hybridized carbons (Fsp3) is 0.648. The van der Waals surface area contributed by atoms with Crippen molar-refractivity contribution >= 4 is 106 Å². The van der Waals surface area contributed by atoms with Crippen molar-refractivity contribution in [2.75, 3.05) is 18.6 Å². The molecule has 0 fully saturated rings. The zero-order valence-electron chi connectivity index (χ0n) is 51.3. The van der Waals surface area contributed by atoms with E-state index in [1.165, 1.54) is 24.3 Å². The molecule has 35 nitrogen and oxygen atoms in total. The number of carboxylic acids is 2. The summed E-state index contributed by atoms with van der Waals surface area (Å²) in [6.45, 7) is 7.97. The van der Waals surface area contributed by atoms with Gasteiger partial charge in [-0.05, 0) is 81.8 Å². The third-order valence-corrected chi connectivity index (χ3v) is 14.3. The second-order valence-electron chi connectivity index (χ2n) is 21.7. The Kier molecular flexibility index (Phi) is 36.3. The molecular weight excluding hydrogens is 1210 g/mol. The topological polar surface area (TPSA) is 593 Å². The van der Waals surface area contributed by atoms with E-state index in [1.54, 1.807) is 34.0 Å². The Morgan fingerprint density at radius 2 is 0.944 bits per heavy atom. The van der Waals surface area contributed by atoms with Gasteiger partial charge in [-0.15, -0.1) is 0 Å². The molecule has 0 aliphatic carbocycles. The molecule has 0 bridgehead atoms. The van der Waals surface area contributed by atoms with E-state index in [4.69, 9.17) is 28.7 Å². The van der Waals surface area contributed by atoms with E-state index in [0.717, 1.165) is 6.92 Å². The first-order valence-corrected chi connectivity index (χ1v) is 30.4.